The van der Waals surface area contributed by atoms with Crippen LogP contribution in [0.1, 0.15) is 58.2 Å². The summed E-state index contributed by atoms with van der Waals surface area (Å²) in [7, 11) is 0. The van der Waals surface area contributed by atoms with Crippen LogP contribution >= 0.6 is 0 Å². The third kappa shape index (κ3) is 14.3. The number of carbonyl (C=O) groups is 1. The molecule has 0 fully saturated rings. The first kappa shape index (κ1) is 29.2. The maximum Gasteiger partial charge on any atom is 0.267 e. The molecular formula is C24H40N2O. The van der Waals surface area contributed by atoms with Crippen molar-refractivity contribution in [1.29, 1.82) is 0 Å². The second kappa shape index (κ2) is 19.8. The minimum absolute atomic E-state index is 0.136. The van der Waals surface area contributed by atoms with Gasteiger partial charge in [-0.05, 0) is 48.6 Å². The van der Waals surface area contributed by atoms with E-state index in [1.165, 1.54) is 17.2 Å². The number of aryl methyl sites for hydroxylation is 2. The molecule has 152 valence electrons. The standard InChI is InChI=1S/C17H22N2O.C3H6.2C2H6/c1-5-12(3)9-16(18)17(20)19-11-14-7-8-15(6-2)13(4)10-14;1-3-2;2*1-2/h5,7-10H,1,3,6,11,18H2,2,4H3,(H,19,20);3H,1H2,2H3;2*1-2H3/b16-9-;;;. The number of hydrogen-bond donors (Lipinski definition) is 2. The average molecular weight is 373 g/mol. The highest BCUT2D eigenvalue weighted by Gasteiger charge is 2.05. The van der Waals surface area contributed by atoms with E-state index in [1.54, 1.807) is 12.2 Å². The number of amides is 1. The lowest BCUT2D eigenvalue weighted by atomic mass is 10.0. The molecule has 0 aliphatic carbocycles. The SMILES string of the molecule is C=CC.C=CC(=C)/C=C(\N)C(=O)NCc1ccc(CC)c(C)c1.CC.CC. The number of benzene rings is 1. The van der Waals surface area contributed by atoms with E-state index >= 15 is 0 Å². The highest BCUT2D eigenvalue weighted by molar-refractivity contribution is 5.92. The second-order valence-corrected chi connectivity index (χ2v) is 5.08. The molecule has 27 heavy (non-hydrogen) atoms. The first-order chi connectivity index (χ1) is 12.9. The molecule has 0 atom stereocenters. The van der Waals surface area contributed by atoms with Crippen molar-refractivity contribution in [1.82, 2.24) is 5.32 Å². The Balaban J connectivity index is -0.000000725. The summed E-state index contributed by atoms with van der Waals surface area (Å²) in [6.45, 7) is 25.2. The minimum atomic E-state index is -0.301. The predicted molar refractivity (Wildman–Crippen MR) is 123 cm³/mol. The number of nitrogens with two attached hydrogens (primary N) is 1. The monoisotopic (exact) mass is 372 g/mol. The predicted octanol–water partition coefficient (Wildman–Crippen LogP) is 6.00. The van der Waals surface area contributed by atoms with Gasteiger partial charge in [0.2, 0.25) is 0 Å². The summed E-state index contributed by atoms with van der Waals surface area (Å²) in [6, 6.07) is 6.20. The zero-order chi connectivity index (χ0) is 21.8. The minimum Gasteiger partial charge on any atom is -0.394 e. The van der Waals surface area contributed by atoms with E-state index in [9.17, 15) is 4.79 Å². The van der Waals surface area contributed by atoms with Gasteiger partial charge in [0.15, 0.2) is 0 Å². The molecule has 3 heteroatoms. The number of carbonyl (C=O) groups excluding carboxylic acids is 1. The Bertz CT molecular complexity index is 598. The van der Waals surface area contributed by atoms with E-state index in [0.717, 1.165) is 12.0 Å². The molecule has 0 aliphatic heterocycles. The van der Waals surface area contributed by atoms with Gasteiger partial charge in [0.05, 0.1) is 5.70 Å². The maximum absolute atomic E-state index is 11.8. The molecule has 0 aromatic heterocycles. The zero-order valence-electron chi connectivity index (χ0n) is 18.5. The Hall–Kier alpha value is -2.55. The summed E-state index contributed by atoms with van der Waals surface area (Å²) in [5.41, 5.74) is 10.0. The quantitative estimate of drug-likeness (QED) is 0.365. The highest BCUT2D eigenvalue weighted by Crippen LogP contribution is 2.11. The van der Waals surface area contributed by atoms with Crippen molar-refractivity contribution in [3.63, 3.8) is 0 Å². The van der Waals surface area contributed by atoms with Gasteiger partial charge in [0, 0.05) is 6.54 Å². The molecule has 0 saturated carbocycles. The van der Waals surface area contributed by atoms with Crippen LogP contribution in [0, 0.1) is 6.92 Å². The fourth-order valence-electron chi connectivity index (χ4n) is 1.87. The summed E-state index contributed by atoms with van der Waals surface area (Å²) in [4.78, 5) is 11.8. The van der Waals surface area contributed by atoms with Crippen molar-refractivity contribution in [3.05, 3.63) is 84.1 Å². The van der Waals surface area contributed by atoms with E-state index in [1.807, 2.05) is 40.7 Å². The maximum atomic E-state index is 11.8. The molecular weight excluding hydrogens is 332 g/mol. The van der Waals surface area contributed by atoms with E-state index in [2.05, 4.69) is 51.0 Å². The van der Waals surface area contributed by atoms with Gasteiger partial charge in [-0.1, -0.05) is 78.1 Å². The van der Waals surface area contributed by atoms with Crippen LogP contribution in [0.15, 0.2) is 67.4 Å². The Morgan fingerprint density at radius 3 is 2.11 bits per heavy atom. The van der Waals surface area contributed by atoms with Gasteiger partial charge in [-0.3, -0.25) is 4.79 Å². The van der Waals surface area contributed by atoms with Crippen molar-refractivity contribution in [3.8, 4) is 0 Å². The Morgan fingerprint density at radius 1 is 1.19 bits per heavy atom. The van der Waals surface area contributed by atoms with Crippen molar-refractivity contribution < 1.29 is 4.79 Å². The molecule has 0 radical (unpaired) electrons. The molecule has 3 nitrogen and oxygen atoms in total. The second-order valence-electron chi connectivity index (χ2n) is 5.08. The first-order valence-electron chi connectivity index (χ1n) is 9.61. The number of nitrogens with one attached hydrogen (secondary N) is 1. The third-order valence-electron chi connectivity index (χ3n) is 3.11. The normalized spacial score (nSPS) is 9.07. The number of rotatable bonds is 6. The fourth-order valence-corrected chi connectivity index (χ4v) is 1.87. The molecule has 0 heterocycles. The highest BCUT2D eigenvalue weighted by atomic mass is 16.1. The summed E-state index contributed by atoms with van der Waals surface area (Å²) in [5.74, 6) is -0.301. The molecule has 1 aromatic carbocycles. The molecule has 0 saturated heterocycles. The smallest absolute Gasteiger partial charge is 0.267 e. The summed E-state index contributed by atoms with van der Waals surface area (Å²) < 4.78 is 0. The van der Waals surface area contributed by atoms with E-state index in [0.29, 0.717) is 12.1 Å². The van der Waals surface area contributed by atoms with E-state index in [-0.39, 0.29) is 11.6 Å². The van der Waals surface area contributed by atoms with Crippen LogP contribution in [0.25, 0.3) is 0 Å². The molecule has 0 spiro atoms. The molecule has 0 unspecified atom stereocenters. The van der Waals surface area contributed by atoms with E-state index in [4.69, 9.17) is 5.73 Å². The molecule has 0 bridgehead atoms. The van der Waals surface area contributed by atoms with Crippen LogP contribution in [-0.2, 0) is 17.8 Å². The molecule has 1 amide bonds. The van der Waals surface area contributed by atoms with Gasteiger partial charge >= 0.3 is 0 Å². The molecule has 0 aliphatic rings. The molecule has 3 N–H and O–H groups in total. The van der Waals surface area contributed by atoms with Gasteiger partial charge in [-0.2, -0.15) is 0 Å². The van der Waals surface area contributed by atoms with Gasteiger partial charge in [0.25, 0.3) is 5.91 Å². The van der Waals surface area contributed by atoms with Crippen LogP contribution < -0.4 is 11.1 Å². The largest absolute Gasteiger partial charge is 0.394 e. The van der Waals surface area contributed by atoms with E-state index < -0.39 is 0 Å². The zero-order valence-corrected chi connectivity index (χ0v) is 18.5. The summed E-state index contributed by atoms with van der Waals surface area (Å²) in [5, 5.41) is 2.79. The van der Waals surface area contributed by atoms with Crippen molar-refractivity contribution in [2.45, 2.75) is 61.4 Å². The topological polar surface area (TPSA) is 55.1 Å². The van der Waals surface area contributed by atoms with Crippen molar-refractivity contribution in [2.75, 3.05) is 0 Å². The number of hydrogen-bond acceptors (Lipinski definition) is 2. The lowest BCUT2D eigenvalue weighted by Crippen LogP contribution is -2.28. The Labute approximate surface area is 167 Å². The van der Waals surface area contributed by atoms with Gasteiger partial charge < -0.3 is 11.1 Å². The van der Waals surface area contributed by atoms with Crippen LogP contribution in [0.2, 0.25) is 0 Å². The third-order valence-corrected chi connectivity index (χ3v) is 3.11. The van der Waals surface area contributed by atoms with Crippen LogP contribution in [-0.4, -0.2) is 5.91 Å². The van der Waals surface area contributed by atoms with Gasteiger partial charge in [-0.15, -0.1) is 6.58 Å². The van der Waals surface area contributed by atoms with Gasteiger partial charge in [-0.25, -0.2) is 0 Å². The summed E-state index contributed by atoms with van der Waals surface area (Å²) in [6.07, 6.45) is 5.82. The molecule has 1 rings (SSSR count). The summed E-state index contributed by atoms with van der Waals surface area (Å²) >= 11 is 0. The van der Waals surface area contributed by atoms with Crippen LogP contribution in [0.3, 0.4) is 0 Å². The fraction of sp³-hybridized carbons (Fsp3) is 0.375. The Morgan fingerprint density at radius 2 is 1.70 bits per heavy atom. The number of allylic oxidation sites excluding steroid dienone is 4. The Kier molecular flexibility index (Phi) is 21.4. The van der Waals surface area contributed by atoms with Crippen LogP contribution in [0.5, 0.6) is 0 Å². The van der Waals surface area contributed by atoms with Crippen LogP contribution in [0.4, 0.5) is 0 Å². The van der Waals surface area contributed by atoms with Gasteiger partial charge in [0.1, 0.15) is 0 Å². The lowest BCUT2D eigenvalue weighted by molar-refractivity contribution is -0.117. The van der Waals surface area contributed by atoms with Crippen molar-refractivity contribution >= 4 is 5.91 Å². The first-order valence-corrected chi connectivity index (χ1v) is 9.61. The average Bonchev–Trinajstić information content (AvgIpc) is 2.69. The molecule has 1 aromatic rings. The van der Waals surface area contributed by atoms with Crippen molar-refractivity contribution in [2.24, 2.45) is 5.73 Å². The lowest BCUT2D eigenvalue weighted by Gasteiger charge is -2.09.